The summed E-state index contributed by atoms with van der Waals surface area (Å²) in [6, 6.07) is 13.9. The number of nitrogens with one attached hydrogen (secondary N) is 1. The van der Waals surface area contributed by atoms with Gasteiger partial charge in [0.25, 0.3) is 15.9 Å². The van der Waals surface area contributed by atoms with E-state index in [9.17, 15) is 18.0 Å². The highest BCUT2D eigenvalue weighted by Gasteiger charge is 2.22. The average Bonchev–Trinajstić information content (AvgIpc) is 2.72. The van der Waals surface area contributed by atoms with E-state index in [2.05, 4.69) is 11.6 Å². The van der Waals surface area contributed by atoms with Crippen molar-refractivity contribution in [1.82, 2.24) is 4.90 Å². The molecule has 0 aliphatic carbocycles. The van der Waals surface area contributed by atoms with Crippen LogP contribution in [0.5, 0.6) is 0 Å². The normalized spacial score (nSPS) is 16.9. The Labute approximate surface area is 170 Å². The quantitative estimate of drug-likeness (QED) is 0.731. The van der Waals surface area contributed by atoms with Gasteiger partial charge < -0.3 is 9.64 Å². The van der Waals surface area contributed by atoms with E-state index in [0.717, 1.165) is 12.8 Å². The summed E-state index contributed by atoms with van der Waals surface area (Å²) < 4.78 is 32.4. The maximum absolute atomic E-state index is 12.4. The van der Waals surface area contributed by atoms with Crippen LogP contribution in [-0.4, -0.2) is 44.9 Å². The Morgan fingerprint density at radius 3 is 2.45 bits per heavy atom. The number of ether oxygens (including phenoxy) is 1. The van der Waals surface area contributed by atoms with Gasteiger partial charge in [0.05, 0.1) is 10.5 Å². The van der Waals surface area contributed by atoms with Crippen LogP contribution >= 0.6 is 0 Å². The molecule has 2 aromatic rings. The summed E-state index contributed by atoms with van der Waals surface area (Å²) in [5.74, 6) is -0.429. The van der Waals surface area contributed by atoms with Crippen LogP contribution in [0.2, 0.25) is 0 Å². The molecule has 29 heavy (non-hydrogen) atoms. The number of para-hydroxylation sites is 1. The summed E-state index contributed by atoms with van der Waals surface area (Å²) in [7, 11) is -3.76. The second kappa shape index (κ2) is 9.09. The smallest absolute Gasteiger partial charge is 0.338 e. The van der Waals surface area contributed by atoms with Crippen LogP contribution in [0, 0.1) is 5.92 Å². The summed E-state index contributed by atoms with van der Waals surface area (Å²) in [5, 5.41) is 0. The van der Waals surface area contributed by atoms with E-state index in [0.29, 0.717) is 24.7 Å². The van der Waals surface area contributed by atoms with Gasteiger partial charge in [0, 0.05) is 18.8 Å². The Bertz CT molecular complexity index is 958. The molecule has 1 aliphatic heterocycles. The van der Waals surface area contributed by atoms with E-state index in [-0.39, 0.29) is 23.0 Å². The zero-order valence-corrected chi connectivity index (χ0v) is 17.0. The van der Waals surface area contributed by atoms with Crippen LogP contribution in [0.25, 0.3) is 0 Å². The van der Waals surface area contributed by atoms with Gasteiger partial charge in [-0.1, -0.05) is 25.1 Å². The molecule has 1 fully saturated rings. The fourth-order valence-corrected chi connectivity index (χ4v) is 4.27. The van der Waals surface area contributed by atoms with Gasteiger partial charge in [-0.25, -0.2) is 13.2 Å². The van der Waals surface area contributed by atoms with Gasteiger partial charge in [-0.05, 0) is 55.2 Å². The minimum Gasteiger partial charge on any atom is -0.452 e. The molecule has 1 atom stereocenters. The fraction of sp³-hybridized carbons (Fsp3) is 0.333. The van der Waals surface area contributed by atoms with E-state index >= 15 is 0 Å². The number of sulfonamides is 1. The highest BCUT2D eigenvalue weighted by Crippen LogP contribution is 2.17. The molecule has 0 spiro atoms. The number of hydrogen-bond acceptors (Lipinski definition) is 5. The van der Waals surface area contributed by atoms with Gasteiger partial charge in [0.2, 0.25) is 0 Å². The van der Waals surface area contributed by atoms with Crippen LogP contribution in [0.1, 0.15) is 30.1 Å². The SMILES string of the molecule is C[C@@H]1CCCN(C(=O)COC(=O)c2ccc(S(=O)(=O)Nc3ccccc3)cc2)C1. The molecule has 0 radical (unpaired) electrons. The molecule has 0 unspecified atom stereocenters. The van der Waals surface area contributed by atoms with Crippen molar-refractivity contribution >= 4 is 27.6 Å². The van der Waals surface area contributed by atoms with Gasteiger partial charge in [0.15, 0.2) is 6.61 Å². The number of carbonyl (C=O) groups is 2. The van der Waals surface area contributed by atoms with Gasteiger partial charge in [-0.15, -0.1) is 0 Å². The van der Waals surface area contributed by atoms with Crippen molar-refractivity contribution in [3.05, 3.63) is 60.2 Å². The third kappa shape index (κ3) is 5.57. The van der Waals surface area contributed by atoms with Gasteiger partial charge in [-0.2, -0.15) is 0 Å². The number of esters is 1. The predicted molar refractivity (Wildman–Crippen MR) is 109 cm³/mol. The summed E-state index contributed by atoms with van der Waals surface area (Å²) in [5.41, 5.74) is 0.630. The first-order valence-electron chi connectivity index (χ1n) is 9.48. The Balaban J connectivity index is 1.58. The Morgan fingerprint density at radius 2 is 1.79 bits per heavy atom. The van der Waals surface area contributed by atoms with Crippen molar-refractivity contribution in [2.45, 2.75) is 24.7 Å². The van der Waals surface area contributed by atoms with Crippen LogP contribution in [-0.2, 0) is 19.6 Å². The fourth-order valence-electron chi connectivity index (χ4n) is 3.21. The summed E-state index contributed by atoms with van der Waals surface area (Å²) in [4.78, 5) is 26.1. The first-order chi connectivity index (χ1) is 13.8. The number of benzene rings is 2. The summed E-state index contributed by atoms with van der Waals surface area (Å²) in [6.45, 7) is 3.13. The van der Waals surface area contributed by atoms with Gasteiger partial charge in [-0.3, -0.25) is 9.52 Å². The van der Waals surface area contributed by atoms with Crippen LogP contribution in [0.15, 0.2) is 59.5 Å². The van der Waals surface area contributed by atoms with Crippen molar-refractivity contribution in [3.63, 3.8) is 0 Å². The number of hydrogen-bond donors (Lipinski definition) is 1. The lowest BCUT2D eigenvalue weighted by Gasteiger charge is -2.30. The maximum Gasteiger partial charge on any atom is 0.338 e. The second-order valence-electron chi connectivity index (χ2n) is 7.16. The minimum absolute atomic E-state index is 0.0243. The molecule has 1 amide bonds. The van der Waals surface area contributed by atoms with E-state index in [4.69, 9.17) is 4.74 Å². The molecule has 8 heteroatoms. The molecule has 2 aromatic carbocycles. The molecule has 154 valence electrons. The third-order valence-corrected chi connectivity index (χ3v) is 6.16. The number of likely N-dealkylation sites (tertiary alicyclic amines) is 1. The molecule has 1 N–H and O–H groups in total. The maximum atomic E-state index is 12.4. The molecule has 0 saturated carbocycles. The lowest BCUT2D eigenvalue weighted by Crippen LogP contribution is -2.41. The van der Waals surface area contributed by atoms with Crippen molar-refractivity contribution < 1.29 is 22.7 Å². The lowest BCUT2D eigenvalue weighted by molar-refractivity contribution is -0.136. The topological polar surface area (TPSA) is 92.8 Å². The predicted octanol–water partition coefficient (Wildman–Crippen LogP) is 2.90. The van der Waals surface area contributed by atoms with E-state index in [1.165, 1.54) is 24.3 Å². The monoisotopic (exact) mass is 416 g/mol. The lowest BCUT2D eigenvalue weighted by atomic mass is 10.0. The first kappa shape index (κ1) is 20.9. The zero-order valence-electron chi connectivity index (χ0n) is 16.2. The zero-order chi connectivity index (χ0) is 20.9. The van der Waals surface area contributed by atoms with Crippen LogP contribution < -0.4 is 4.72 Å². The number of rotatable bonds is 6. The van der Waals surface area contributed by atoms with Gasteiger partial charge in [0.1, 0.15) is 0 Å². The van der Waals surface area contributed by atoms with E-state index in [1.807, 2.05) is 0 Å². The number of piperidine rings is 1. The molecule has 7 nitrogen and oxygen atoms in total. The van der Waals surface area contributed by atoms with E-state index < -0.39 is 16.0 Å². The average molecular weight is 416 g/mol. The summed E-state index contributed by atoms with van der Waals surface area (Å²) >= 11 is 0. The summed E-state index contributed by atoms with van der Waals surface area (Å²) in [6.07, 6.45) is 2.05. The molecule has 1 heterocycles. The standard InChI is InChI=1S/C21H24N2O5S/c1-16-6-5-13-23(14-16)20(24)15-28-21(25)17-9-11-19(12-10-17)29(26,27)22-18-7-3-2-4-8-18/h2-4,7-12,16,22H,5-6,13-15H2,1H3/t16-/m1/s1. The van der Waals surface area contributed by atoms with Gasteiger partial charge >= 0.3 is 5.97 Å². The Morgan fingerprint density at radius 1 is 1.10 bits per heavy atom. The first-order valence-corrected chi connectivity index (χ1v) is 11.0. The van der Waals surface area contributed by atoms with Crippen molar-refractivity contribution in [3.8, 4) is 0 Å². The van der Waals surface area contributed by atoms with E-state index in [1.54, 1.807) is 35.2 Å². The molecule has 1 aliphatic rings. The Kier molecular flexibility index (Phi) is 6.53. The third-order valence-electron chi connectivity index (χ3n) is 4.76. The van der Waals surface area contributed by atoms with Crippen molar-refractivity contribution in [2.24, 2.45) is 5.92 Å². The minimum atomic E-state index is -3.76. The molecule has 0 aromatic heterocycles. The number of amides is 1. The molecule has 3 rings (SSSR count). The van der Waals surface area contributed by atoms with Crippen LogP contribution in [0.3, 0.4) is 0 Å². The van der Waals surface area contributed by atoms with Crippen molar-refractivity contribution in [2.75, 3.05) is 24.4 Å². The number of carbonyl (C=O) groups excluding carboxylic acids is 2. The highest BCUT2D eigenvalue weighted by atomic mass is 32.2. The molecular formula is C21H24N2O5S. The molecule has 0 bridgehead atoms. The molecular weight excluding hydrogens is 392 g/mol. The van der Waals surface area contributed by atoms with Crippen molar-refractivity contribution in [1.29, 1.82) is 0 Å². The number of nitrogens with zero attached hydrogens (tertiary/aromatic N) is 1. The largest absolute Gasteiger partial charge is 0.452 e. The highest BCUT2D eigenvalue weighted by molar-refractivity contribution is 7.92. The molecule has 1 saturated heterocycles. The number of anilines is 1. The Hall–Kier alpha value is -2.87. The second-order valence-corrected chi connectivity index (χ2v) is 8.84. The van der Waals surface area contributed by atoms with Crippen LogP contribution in [0.4, 0.5) is 5.69 Å².